The summed E-state index contributed by atoms with van der Waals surface area (Å²) >= 11 is 0. The van der Waals surface area contributed by atoms with E-state index in [-0.39, 0.29) is 17.2 Å². The van der Waals surface area contributed by atoms with E-state index in [0.717, 1.165) is 47.9 Å². The van der Waals surface area contributed by atoms with Crippen LogP contribution < -0.4 is 9.38 Å². The Balaban J connectivity index is 1.41. The van der Waals surface area contributed by atoms with E-state index in [1.54, 1.807) is 12.2 Å². The number of nitrogens with zero attached hydrogens (tertiary/aromatic N) is 1. The second-order valence-corrected chi connectivity index (χ2v) is 9.09. The Morgan fingerprint density at radius 1 is 1.36 bits per heavy atom. The molecule has 3 N–H and O–H groups in total. The maximum atomic E-state index is 12.1. The van der Waals surface area contributed by atoms with E-state index in [2.05, 4.69) is 14.7 Å². The summed E-state index contributed by atoms with van der Waals surface area (Å²) in [5, 5.41) is 10.8. The Bertz CT molecular complexity index is 976. The fourth-order valence-electron chi connectivity index (χ4n) is 3.79. The number of hydrogen-bond acceptors (Lipinski definition) is 5. The van der Waals surface area contributed by atoms with Crippen molar-refractivity contribution in [2.24, 2.45) is 5.92 Å². The molecule has 0 unspecified atom stereocenters. The van der Waals surface area contributed by atoms with Crippen LogP contribution in [0, 0.1) is 5.92 Å². The lowest BCUT2D eigenvalue weighted by Crippen LogP contribution is -2.46. The first-order valence-electron chi connectivity index (χ1n) is 8.55. The van der Waals surface area contributed by atoms with E-state index < -0.39 is 17.1 Å². The highest BCUT2D eigenvalue weighted by Gasteiger charge is 2.42. The third-order valence-electron chi connectivity index (χ3n) is 5.28. The Kier molecular flexibility index (Phi) is 3.29. The number of allylic oxidation sites excluding steroid dienone is 1. The molecular weight excluding hydrogens is 341 g/mol. The summed E-state index contributed by atoms with van der Waals surface area (Å²) in [6.45, 7) is 0. The molecule has 3 heterocycles. The lowest BCUT2D eigenvalue weighted by molar-refractivity contribution is 0.308. The van der Waals surface area contributed by atoms with Gasteiger partial charge in [-0.05, 0) is 49.2 Å². The summed E-state index contributed by atoms with van der Waals surface area (Å²) in [7, 11) is -4.15. The highest BCUT2D eigenvalue weighted by molar-refractivity contribution is 7.90. The van der Waals surface area contributed by atoms with Gasteiger partial charge in [-0.2, -0.15) is 0 Å². The van der Waals surface area contributed by atoms with Crippen LogP contribution in [0.2, 0.25) is 0 Å². The van der Waals surface area contributed by atoms with Gasteiger partial charge in [0, 0.05) is 23.2 Å². The topological polar surface area (TPSA) is 104 Å². The highest BCUT2D eigenvalue weighted by Crippen LogP contribution is 2.46. The number of sulfonamides is 1. The number of aromatic amines is 1. The van der Waals surface area contributed by atoms with Gasteiger partial charge in [-0.3, -0.25) is 0 Å². The van der Waals surface area contributed by atoms with Crippen LogP contribution in [0.15, 0.2) is 24.4 Å². The van der Waals surface area contributed by atoms with Gasteiger partial charge in [0.25, 0.3) is 0 Å². The summed E-state index contributed by atoms with van der Waals surface area (Å²) in [5.74, 6) is 2.49. The summed E-state index contributed by atoms with van der Waals surface area (Å²) in [4.78, 5) is 7.39. The van der Waals surface area contributed by atoms with Gasteiger partial charge in [-0.25, -0.2) is 18.1 Å². The first-order chi connectivity index (χ1) is 12.0. The average Bonchev–Trinajstić information content (AvgIpc) is 3.29. The number of fused-ring (bicyclic) bond motifs is 3. The molecular formula is C16H18BN3O4S. The Morgan fingerprint density at radius 3 is 2.92 bits per heavy atom. The van der Waals surface area contributed by atoms with Gasteiger partial charge in [0.2, 0.25) is 10.0 Å². The van der Waals surface area contributed by atoms with Gasteiger partial charge in [0.15, 0.2) is 0 Å². The third-order valence-corrected chi connectivity index (χ3v) is 7.29. The molecule has 5 rings (SSSR count). The molecule has 2 fully saturated rings. The molecule has 0 saturated heterocycles. The number of pyridine rings is 1. The molecule has 2 aromatic rings. The van der Waals surface area contributed by atoms with E-state index in [1.807, 2.05) is 12.3 Å². The monoisotopic (exact) mass is 359 g/mol. The molecule has 25 heavy (non-hydrogen) atoms. The molecule has 2 saturated carbocycles. The van der Waals surface area contributed by atoms with Crippen LogP contribution >= 0.6 is 0 Å². The number of rotatable bonds is 4. The number of H-pyrrole nitrogens is 1. The van der Waals surface area contributed by atoms with Crippen LogP contribution in [0.25, 0.3) is 16.6 Å². The predicted octanol–water partition coefficient (Wildman–Crippen LogP) is 1.22. The molecule has 2 aromatic heterocycles. The smallest absolute Gasteiger partial charge is 0.531 e. The van der Waals surface area contributed by atoms with Crippen molar-refractivity contribution >= 4 is 33.7 Å². The van der Waals surface area contributed by atoms with Crippen LogP contribution in [0.4, 0.5) is 0 Å². The van der Waals surface area contributed by atoms with Crippen molar-refractivity contribution < 1.29 is 18.1 Å². The van der Waals surface area contributed by atoms with Gasteiger partial charge in [0.05, 0.1) is 11.4 Å². The van der Waals surface area contributed by atoms with Crippen LogP contribution in [0.5, 0.6) is 5.75 Å². The SMILES string of the molecule is O=S(=O)(N[C@H]1C[C@@H](C2=CB(O)Oc3cnc4[nH]ccc4c32)C1)C1CC1. The summed E-state index contributed by atoms with van der Waals surface area (Å²) in [6.07, 6.45) is 6.46. The van der Waals surface area contributed by atoms with Crippen molar-refractivity contribution in [1.82, 2.24) is 14.7 Å². The summed E-state index contributed by atoms with van der Waals surface area (Å²) in [6, 6.07) is 1.92. The second kappa shape index (κ2) is 5.33. The minimum Gasteiger partial charge on any atom is -0.531 e. The van der Waals surface area contributed by atoms with Gasteiger partial charge < -0.3 is 14.7 Å². The molecule has 1 aliphatic heterocycles. The number of hydrogen-bond donors (Lipinski definition) is 3. The fraction of sp³-hybridized carbons (Fsp3) is 0.438. The predicted molar refractivity (Wildman–Crippen MR) is 94.3 cm³/mol. The van der Waals surface area contributed by atoms with Crippen LogP contribution in [-0.2, 0) is 10.0 Å². The van der Waals surface area contributed by atoms with Crippen molar-refractivity contribution in [3.05, 3.63) is 30.0 Å². The zero-order valence-corrected chi connectivity index (χ0v) is 14.3. The minimum absolute atomic E-state index is 0.0245. The molecule has 7 nitrogen and oxygen atoms in total. The summed E-state index contributed by atoms with van der Waals surface area (Å²) in [5.41, 5.74) is 2.74. The lowest BCUT2D eigenvalue weighted by Gasteiger charge is -2.39. The molecule has 0 bridgehead atoms. The number of aromatic nitrogens is 2. The first kappa shape index (κ1) is 15.4. The van der Waals surface area contributed by atoms with Crippen molar-refractivity contribution in [2.75, 3.05) is 0 Å². The molecule has 0 atom stereocenters. The van der Waals surface area contributed by atoms with E-state index in [9.17, 15) is 13.4 Å². The fourth-order valence-corrected chi connectivity index (χ4v) is 5.40. The van der Waals surface area contributed by atoms with Crippen LogP contribution in [0.3, 0.4) is 0 Å². The second-order valence-electron chi connectivity index (χ2n) is 7.10. The quantitative estimate of drug-likeness (QED) is 0.712. The molecule has 0 amide bonds. The van der Waals surface area contributed by atoms with Crippen molar-refractivity contribution in [1.29, 1.82) is 0 Å². The molecule has 3 aliphatic rings. The van der Waals surface area contributed by atoms with Gasteiger partial charge >= 0.3 is 7.12 Å². The molecule has 2 aliphatic carbocycles. The van der Waals surface area contributed by atoms with E-state index in [0.29, 0.717) is 5.75 Å². The van der Waals surface area contributed by atoms with E-state index in [4.69, 9.17) is 4.65 Å². The molecule has 9 heteroatoms. The van der Waals surface area contributed by atoms with Crippen molar-refractivity contribution in [3.63, 3.8) is 0 Å². The molecule has 130 valence electrons. The first-order valence-corrected chi connectivity index (χ1v) is 10.1. The molecule has 0 spiro atoms. The summed E-state index contributed by atoms with van der Waals surface area (Å²) < 4.78 is 32.5. The Labute approximate surface area is 145 Å². The minimum atomic E-state index is -3.16. The third kappa shape index (κ3) is 2.57. The molecule has 0 radical (unpaired) electrons. The molecule has 0 aromatic carbocycles. The van der Waals surface area contributed by atoms with E-state index in [1.165, 1.54) is 0 Å². The van der Waals surface area contributed by atoms with Crippen molar-refractivity contribution in [2.45, 2.75) is 37.0 Å². The Morgan fingerprint density at radius 2 is 2.16 bits per heavy atom. The zero-order chi connectivity index (χ0) is 17.2. The maximum absolute atomic E-state index is 12.1. The standard InChI is InChI=1S/C16H18BN3O4S/c21-17-7-13(9-5-10(6-9)20-25(22,23)11-1-2-11)15-12-3-4-18-16(12)19-8-14(15)24-17/h3-4,7-11,20-21H,1-2,5-6H2,(H,18,19)/t9-,10+. The van der Waals surface area contributed by atoms with Crippen molar-refractivity contribution in [3.8, 4) is 5.75 Å². The maximum Gasteiger partial charge on any atom is 0.552 e. The van der Waals surface area contributed by atoms with Gasteiger partial charge in [0.1, 0.15) is 11.4 Å². The lowest BCUT2D eigenvalue weighted by atomic mass is 9.68. The largest absolute Gasteiger partial charge is 0.552 e. The van der Waals surface area contributed by atoms with E-state index >= 15 is 0 Å². The number of nitrogens with one attached hydrogen (secondary N) is 2. The Hall–Kier alpha value is -1.84. The highest BCUT2D eigenvalue weighted by atomic mass is 32.2. The zero-order valence-electron chi connectivity index (χ0n) is 13.5. The van der Waals surface area contributed by atoms with Crippen LogP contribution in [0.1, 0.15) is 31.2 Å². The van der Waals surface area contributed by atoms with Crippen LogP contribution in [-0.4, -0.2) is 41.8 Å². The van der Waals surface area contributed by atoms with Gasteiger partial charge in [-0.1, -0.05) is 0 Å². The average molecular weight is 359 g/mol. The van der Waals surface area contributed by atoms with Gasteiger partial charge in [-0.15, -0.1) is 0 Å². The normalized spacial score (nSPS) is 26.0.